The van der Waals surface area contributed by atoms with Gasteiger partial charge in [0.25, 0.3) is 10.1 Å². The summed E-state index contributed by atoms with van der Waals surface area (Å²) in [6, 6.07) is 0. The highest BCUT2D eigenvalue weighted by Crippen LogP contribution is 2.05. The van der Waals surface area contributed by atoms with Crippen LogP contribution in [0.15, 0.2) is 0 Å². The zero-order chi connectivity index (χ0) is 13.1. The third-order valence-electron chi connectivity index (χ3n) is 2.29. The van der Waals surface area contributed by atoms with Crippen molar-refractivity contribution in [3.8, 4) is 0 Å². The second-order valence-corrected chi connectivity index (χ2v) is 5.60. The van der Waals surface area contributed by atoms with Crippen molar-refractivity contribution < 1.29 is 22.5 Å². The lowest BCUT2D eigenvalue weighted by Crippen LogP contribution is -2.10. The van der Waals surface area contributed by atoms with Gasteiger partial charge in [-0.2, -0.15) is 8.42 Å². The van der Waals surface area contributed by atoms with Gasteiger partial charge in [-0.05, 0) is 12.8 Å². The maximum Gasteiger partial charge on any atom is 0.305 e. The number of ether oxygens (including phenoxy) is 1. The fraction of sp³-hybridized carbons (Fsp3) is 0.909. The Labute approximate surface area is 126 Å². The minimum absolute atomic E-state index is 0. The van der Waals surface area contributed by atoms with Crippen molar-refractivity contribution in [2.24, 2.45) is 0 Å². The minimum atomic E-state index is -3.94. The Balaban J connectivity index is 0. The minimum Gasteiger partial charge on any atom is -0.466 e. The van der Waals surface area contributed by atoms with E-state index in [0.717, 1.165) is 19.3 Å². The van der Waals surface area contributed by atoms with E-state index >= 15 is 0 Å². The molecule has 104 valence electrons. The quantitative estimate of drug-likeness (QED) is 0.287. The van der Waals surface area contributed by atoms with Crippen LogP contribution in [0, 0.1) is 0 Å². The van der Waals surface area contributed by atoms with Crippen LogP contribution in [-0.2, 0) is 19.6 Å². The van der Waals surface area contributed by atoms with Crippen LogP contribution in [0.4, 0.5) is 0 Å². The topological polar surface area (TPSA) is 80.7 Å². The van der Waals surface area contributed by atoms with Crippen LogP contribution < -0.4 is 0 Å². The summed E-state index contributed by atoms with van der Waals surface area (Å²) in [4.78, 5) is 11.2. The molecule has 18 heavy (non-hydrogen) atoms. The molecule has 0 saturated heterocycles. The summed E-state index contributed by atoms with van der Waals surface area (Å²) in [5.41, 5.74) is 0. The molecule has 7 heteroatoms. The first kappa shape index (κ1) is 20.5. The van der Waals surface area contributed by atoms with E-state index in [2.05, 4.69) is 6.92 Å². The summed E-state index contributed by atoms with van der Waals surface area (Å²) in [7, 11) is -3.94. The lowest BCUT2D eigenvalue weighted by molar-refractivity contribution is -0.143. The molecular formula is C11H22MgO5S. The average Bonchev–Trinajstić information content (AvgIpc) is 2.23. The van der Waals surface area contributed by atoms with E-state index in [0.29, 0.717) is 6.42 Å². The number of carbonyl (C=O) groups is 1. The zero-order valence-corrected chi connectivity index (χ0v) is 13.3. The summed E-state index contributed by atoms with van der Waals surface area (Å²) >= 11 is 0. The molecule has 0 unspecified atom stereocenters. The van der Waals surface area contributed by atoms with Gasteiger partial charge in [-0.1, -0.05) is 32.6 Å². The normalized spacial score (nSPS) is 10.8. The molecule has 0 rings (SSSR count). The molecule has 5 nitrogen and oxygen atoms in total. The van der Waals surface area contributed by atoms with Gasteiger partial charge in [-0.3, -0.25) is 9.35 Å². The molecule has 0 atom stereocenters. The first-order chi connectivity index (χ1) is 7.95. The van der Waals surface area contributed by atoms with Gasteiger partial charge in [0.1, 0.15) is 0 Å². The van der Waals surface area contributed by atoms with E-state index < -0.39 is 10.1 Å². The average molecular weight is 291 g/mol. The van der Waals surface area contributed by atoms with Crippen LogP contribution >= 0.6 is 0 Å². The Bertz CT molecular complexity index is 303. The van der Waals surface area contributed by atoms with E-state index in [9.17, 15) is 13.2 Å². The molecule has 0 saturated carbocycles. The van der Waals surface area contributed by atoms with Crippen LogP contribution in [0.5, 0.6) is 0 Å². The number of unbranched alkanes of at least 4 members (excludes halogenated alkanes) is 4. The molecule has 0 aromatic heterocycles. The lowest BCUT2D eigenvalue weighted by atomic mass is 10.1. The second-order valence-electron chi connectivity index (χ2n) is 4.02. The van der Waals surface area contributed by atoms with Crippen LogP contribution in [0.2, 0.25) is 0 Å². The predicted octanol–water partition coefficient (Wildman–Crippen LogP) is 1.79. The zero-order valence-electron chi connectivity index (χ0n) is 11.1. The SMILES string of the molecule is CCCCCCCC(=O)OCCCS(=O)(=O)O.[Mg]. The molecule has 0 aliphatic rings. The van der Waals surface area contributed by atoms with Crippen LogP contribution in [-0.4, -0.2) is 54.4 Å². The molecule has 0 aromatic carbocycles. The highest BCUT2D eigenvalue weighted by atomic mass is 32.2. The molecule has 0 amide bonds. The van der Waals surface area contributed by atoms with Crippen molar-refractivity contribution >= 4 is 39.1 Å². The Morgan fingerprint density at radius 2 is 1.72 bits per heavy atom. The van der Waals surface area contributed by atoms with E-state index in [1.807, 2.05) is 0 Å². The number of hydrogen-bond donors (Lipinski definition) is 1. The molecule has 0 spiro atoms. The summed E-state index contributed by atoms with van der Waals surface area (Å²) in [6.07, 6.45) is 5.84. The maximum atomic E-state index is 11.2. The predicted molar refractivity (Wildman–Crippen MR) is 71.1 cm³/mol. The van der Waals surface area contributed by atoms with E-state index in [1.54, 1.807) is 0 Å². The van der Waals surface area contributed by atoms with Gasteiger partial charge in [0, 0.05) is 29.5 Å². The molecule has 0 fully saturated rings. The van der Waals surface area contributed by atoms with E-state index in [-0.39, 0.29) is 47.8 Å². The Hall–Kier alpha value is 0.146. The fourth-order valence-corrected chi connectivity index (χ4v) is 1.86. The lowest BCUT2D eigenvalue weighted by Gasteiger charge is -2.03. The van der Waals surface area contributed by atoms with Crippen molar-refractivity contribution in [3.05, 3.63) is 0 Å². The molecule has 1 N–H and O–H groups in total. The van der Waals surface area contributed by atoms with Crippen molar-refractivity contribution in [3.63, 3.8) is 0 Å². The molecular weight excluding hydrogens is 268 g/mol. The smallest absolute Gasteiger partial charge is 0.305 e. The summed E-state index contributed by atoms with van der Waals surface area (Å²) in [5, 5.41) is 0. The van der Waals surface area contributed by atoms with Gasteiger partial charge in [0.2, 0.25) is 0 Å². The van der Waals surface area contributed by atoms with Gasteiger partial charge >= 0.3 is 5.97 Å². The molecule has 0 aliphatic heterocycles. The van der Waals surface area contributed by atoms with Gasteiger partial charge in [0.05, 0.1) is 12.4 Å². The Morgan fingerprint density at radius 3 is 2.28 bits per heavy atom. The van der Waals surface area contributed by atoms with Gasteiger partial charge in [-0.15, -0.1) is 0 Å². The number of rotatable bonds is 10. The molecule has 0 bridgehead atoms. The fourth-order valence-electron chi connectivity index (χ4n) is 1.37. The first-order valence-electron chi connectivity index (χ1n) is 6.06. The second kappa shape index (κ2) is 12.2. The van der Waals surface area contributed by atoms with Crippen LogP contribution in [0.3, 0.4) is 0 Å². The van der Waals surface area contributed by atoms with E-state index in [4.69, 9.17) is 9.29 Å². The highest BCUT2D eigenvalue weighted by Gasteiger charge is 2.06. The van der Waals surface area contributed by atoms with Crippen molar-refractivity contribution in [1.29, 1.82) is 0 Å². The third kappa shape index (κ3) is 16.1. The Kier molecular flexibility index (Phi) is 13.9. The number of carbonyl (C=O) groups excluding carboxylic acids is 1. The van der Waals surface area contributed by atoms with E-state index in [1.165, 1.54) is 12.8 Å². The highest BCUT2D eigenvalue weighted by molar-refractivity contribution is 7.85. The largest absolute Gasteiger partial charge is 0.466 e. The standard InChI is InChI=1S/C11H22O5S.Mg/c1-2-3-4-5-6-8-11(12)16-9-7-10-17(13,14)15;/h2-10H2,1H3,(H,13,14,15);. The molecule has 2 radical (unpaired) electrons. The number of hydrogen-bond acceptors (Lipinski definition) is 4. The van der Waals surface area contributed by atoms with Crippen molar-refractivity contribution in [1.82, 2.24) is 0 Å². The molecule has 0 aliphatic carbocycles. The Morgan fingerprint density at radius 1 is 1.11 bits per heavy atom. The van der Waals surface area contributed by atoms with Crippen molar-refractivity contribution in [2.45, 2.75) is 51.9 Å². The van der Waals surface area contributed by atoms with Gasteiger partial charge < -0.3 is 4.74 Å². The summed E-state index contributed by atoms with van der Waals surface area (Å²) in [6.45, 7) is 2.18. The number of esters is 1. The monoisotopic (exact) mass is 290 g/mol. The van der Waals surface area contributed by atoms with Crippen LogP contribution in [0.1, 0.15) is 51.9 Å². The summed E-state index contributed by atoms with van der Waals surface area (Å²) in [5.74, 6) is -0.659. The summed E-state index contributed by atoms with van der Waals surface area (Å²) < 4.78 is 34.0. The van der Waals surface area contributed by atoms with Gasteiger partial charge in [0.15, 0.2) is 0 Å². The van der Waals surface area contributed by atoms with Gasteiger partial charge in [-0.25, -0.2) is 0 Å². The third-order valence-corrected chi connectivity index (χ3v) is 3.10. The molecule has 0 aromatic rings. The maximum absolute atomic E-state index is 11.2. The van der Waals surface area contributed by atoms with Crippen molar-refractivity contribution in [2.75, 3.05) is 12.4 Å². The molecule has 0 heterocycles. The first-order valence-corrected chi connectivity index (χ1v) is 7.67. The van der Waals surface area contributed by atoms with Crippen LogP contribution in [0.25, 0.3) is 0 Å².